The van der Waals surface area contributed by atoms with E-state index in [9.17, 15) is 22.8 Å². The third kappa shape index (κ3) is 6.26. The van der Waals surface area contributed by atoms with E-state index in [2.05, 4.69) is 16.0 Å². The molecule has 1 aliphatic rings. The average molecular weight is 425 g/mol. The second-order valence-electron chi connectivity index (χ2n) is 7.36. The first-order valence-corrected chi connectivity index (χ1v) is 11.0. The van der Waals surface area contributed by atoms with Crippen LogP contribution in [0.15, 0.2) is 29.2 Å². The van der Waals surface area contributed by atoms with Gasteiger partial charge in [0.05, 0.1) is 11.3 Å². The van der Waals surface area contributed by atoms with Crippen LogP contribution in [-0.2, 0) is 24.4 Å². The molecule has 10 heteroatoms. The van der Waals surface area contributed by atoms with E-state index in [1.807, 2.05) is 13.8 Å². The molecule has 9 nitrogen and oxygen atoms in total. The fourth-order valence-corrected chi connectivity index (χ4v) is 4.56. The molecule has 0 saturated carbocycles. The average Bonchev–Trinajstić information content (AvgIpc) is 2.63. The van der Waals surface area contributed by atoms with Crippen LogP contribution in [0, 0.1) is 5.92 Å². The van der Waals surface area contributed by atoms with Crippen molar-refractivity contribution in [3.63, 3.8) is 0 Å². The third-order valence-corrected chi connectivity index (χ3v) is 6.41. The van der Waals surface area contributed by atoms with Crippen LogP contribution in [0.4, 0.5) is 5.69 Å². The summed E-state index contributed by atoms with van der Waals surface area (Å²) >= 11 is 0. The minimum absolute atomic E-state index is 0.00785. The van der Waals surface area contributed by atoms with Gasteiger partial charge in [-0.25, -0.2) is 8.42 Å². The van der Waals surface area contributed by atoms with Gasteiger partial charge in [0.25, 0.3) is 0 Å². The van der Waals surface area contributed by atoms with E-state index < -0.39 is 22.0 Å². The number of piperazine rings is 1. The van der Waals surface area contributed by atoms with E-state index in [1.54, 1.807) is 0 Å². The number of hydrogen-bond donors (Lipinski definition) is 3. The summed E-state index contributed by atoms with van der Waals surface area (Å²) in [4.78, 5) is 35.7. The lowest BCUT2D eigenvalue weighted by Gasteiger charge is -2.33. The number of sulfonamides is 1. The Morgan fingerprint density at radius 1 is 1.24 bits per heavy atom. The Morgan fingerprint density at radius 3 is 2.48 bits per heavy atom. The first-order chi connectivity index (χ1) is 13.6. The molecule has 1 heterocycles. The molecule has 0 spiro atoms. The molecule has 1 atom stereocenters. The summed E-state index contributed by atoms with van der Waals surface area (Å²) in [5.74, 6) is -0.704. The van der Waals surface area contributed by atoms with Gasteiger partial charge >= 0.3 is 0 Å². The molecule has 1 aliphatic heterocycles. The first kappa shape index (κ1) is 22.8. The lowest BCUT2D eigenvalue weighted by atomic mass is 10.1. The standard InChI is InChI=1S/C19H28N4O5S/c1-13(2)8-9-20-18(25)12-17-19(26)21-10-11-23(17)29(27,28)16-6-4-15(5-7-16)22-14(3)24/h4-7,13,17H,8-12H2,1-3H3,(H,20,25)(H,21,26)(H,22,24)/t17-/m1/s1. The van der Waals surface area contributed by atoms with Crippen molar-refractivity contribution in [3.05, 3.63) is 24.3 Å². The van der Waals surface area contributed by atoms with Gasteiger partial charge in [0.2, 0.25) is 27.7 Å². The van der Waals surface area contributed by atoms with E-state index in [-0.39, 0.29) is 36.2 Å². The molecule has 2 rings (SSSR count). The van der Waals surface area contributed by atoms with Crippen molar-refractivity contribution >= 4 is 33.4 Å². The van der Waals surface area contributed by atoms with E-state index in [0.717, 1.165) is 10.7 Å². The quantitative estimate of drug-likeness (QED) is 0.566. The maximum Gasteiger partial charge on any atom is 0.243 e. The normalized spacial score (nSPS) is 17.7. The molecule has 0 aromatic heterocycles. The highest BCUT2D eigenvalue weighted by Gasteiger charge is 2.39. The lowest BCUT2D eigenvalue weighted by Crippen LogP contribution is -2.58. The highest BCUT2D eigenvalue weighted by atomic mass is 32.2. The summed E-state index contributed by atoms with van der Waals surface area (Å²) in [6, 6.07) is 4.58. The van der Waals surface area contributed by atoms with Gasteiger partial charge in [-0.1, -0.05) is 13.8 Å². The van der Waals surface area contributed by atoms with Crippen molar-refractivity contribution in [1.29, 1.82) is 0 Å². The van der Waals surface area contributed by atoms with Crippen LogP contribution in [0.5, 0.6) is 0 Å². The highest BCUT2D eigenvalue weighted by molar-refractivity contribution is 7.89. The van der Waals surface area contributed by atoms with Gasteiger partial charge < -0.3 is 16.0 Å². The zero-order valence-corrected chi connectivity index (χ0v) is 17.7. The van der Waals surface area contributed by atoms with Crippen LogP contribution in [0.3, 0.4) is 0 Å². The van der Waals surface area contributed by atoms with Gasteiger partial charge in [-0.05, 0) is 36.6 Å². The fourth-order valence-electron chi connectivity index (χ4n) is 2.97. The number of nitrogens with zero attached hydrogens (tertiary/aromatic N) is 1. The maximum absolute atomic E-state index is 13.1. The van der Waals surface area contributed by atoms with Crippen molar-refractivity contribution in [2.24, 2.45) is 5.92 Å². The smallest absolute Gasteiger partial charge is 0.243 e. The predicted octanol–water partition coefficient (Wildman–Crippen LogP) is 0.687. The van der Waals surface area contributed by atoms with Gasteiger partial charge in [-0.15, -0.1) is 0 Å². The van der Waals surface area contributed by atoms with Crippen molar-refractivity contribution in [3.8, 4) is 0 Å². The highest BCUT2D eigenvalue weighted by Crippen LogP contribution is 2.23. The molecule has 29 heavy (non-hydrogen) atoms. The number of benzene rings is 1. The minimum Gasteiger partial charge on any atom is -0.356 e. The van der Waals surface area contributed by atoms with Crippen LogP contribution in [0.25, 0.3) is 0 Å². The van der Waals surface area contributed by atoms with Crippen LogP contribution in [0.1, 0.15) is 33.6 Å². The van der Waals surface area contributed by atoms with Crippen LogP contribution >= 0.6 is 0 Å². The van der Waals surface area contributed by atoms with E-state index in [4.69, 9.17) is 0 Å². The molecule has 3 N–H and O–H groups in total. The third-order valence-electron chi connectivity index (χ3n) is 4.49. The second-order valence-corrected chi connectivity index (χ2v) is 9.26. The zero-order chi connectivity index (χ0) is 21.6. The molecule has 0 radical (unpaired) electrons. The van der Waals surface area contributed by atoms with Gasteiger partial charge in [0, 0.05) is 32.2 Å². The number of carbonyl (C=O) groups is 3. The number of amides is 3. The SMILES string of the molecule is CC(=O)Nc1ccc(S(=O)(=O)N2CCNC(=O)[C@H]2CC(=O)NCCC(C)C)cc1. The Hall–Kier alpha value is -2.46. The molecular weight excluding hydrogens is 396 g/mol. The molecule has 1 saturated heterocycles. The predicted molar refractivity (Wildman–Crippen MR) is 109 cm³/mol. The van der Waals surface area contributed by atoms with Crippen LogP contribution in [0.2, 0.25) is 0 Å². The Bertz CT molecular complexity index is 852. The maximum atomic E-state index is 13.1. The zero-order valence-electron chi connectivity index (χ0n) is 16.9. The van der Waals surface area contributed by atoms with E-state index in [1.165, 1.54) is 31.2 Å². The van der Waals surface area contributed by atoms with Crippen LogP contribution < -0.4 is 16.0 Å². The molecule has 0 unspecified atom stereocenters. The second kappa shape index (κ2) is 9.84. The van der Waals surface area contributed by atoms with Gasteiger partial charge in [-0.2, -0.15) is 4.31 Å². The Balaban J connectivity index is 2.16. The summed E-state index contributed by atoms with van der Waals surface area (Å²) in [5, 5.41) is 7.93. The van der Waals surface area contributed by atoms with Crippen molar-refractivity contribution in [2.45, 2.75) is 44.6 Å². The lowest BCUT2D eigenvalue weighted by molar-refractivity contribution is -0.131. The fraction of sp³-hybridized carbons (Fsp3) is 0.526. The van der Waals surface area contributed by atoms with Crippen molar-refractivity contribution < 1.29 is 22.8 Å². The molecule has 0 bridgehead atoms. The summed E-state index contributed by atoms with van der Waals surface area (Å²) in [7, 11) is -3.99. The van der Waals surface area contributed by atoms with Crippen molar-refractivity contribution in [1.82, 2.24) is 14.9 Å². The number of nitrogens with one attached hydrogen (secondary N) is 3. The number of carbonyl (C=O) groups excluding carboxylic acids is 3. The molecular formula is C19H28N4O5S. The summed E-state index contributed by atoms with van der Waals surface area (Å²) in [6.45, 7) is 6.15. The summed E-state index contributed by atoms with van der Waals surface area (Å²) in [5.41, 5.74) is 0.467. The Kier molecular flexibility index (Phi) is 7.74. The van der Waals surface area contributed by atoms with Crippen LogP contribution in [-0.4, -0.2) is 56.1 Å². The number of rotatable bonds is 8. The van der Waals surface area contributed by atoms with Gasteiger partial charge in [0.15, 0.2) is 0 Å². The minimum atomic E-state index is -3.99. The molecule has 160 valence electrons. The monoisotopic (exact) mass is 424 g/mol. The van der Waals surface area contributed by atoms with E-state index >= 15 is 0 Å². The van der Waals surface area contributed by atoms with Gasteiger partial charge in [-0.3, -0.25) is 14.4 Å². The van der Waals surface area contributed by atoms with E-state index in [0.29, 0.717) is 18.2 Å². The molecule has 1 aromatic carbocycles. The molecule has 3 amide bonds. The number of anilines is 1. The molecule has 1 aromatic rings. The number of hydrogen-bond acceptors (Lipinski definition) is 5. The Morgan fingerprint density at radius 2 is 1.90 bits per heavy atom. The first-order valence-electron chi connectivity index (χ1n) is 9.55. The summed E-state index contributed by atoms with van der Waals surface area (Å²) < 4.78 is 27.2. The van der Waals surface area contributed by atoms with Gasteiger partial charge in [0.1, 0.15) is 6.04 Å². The molecule has 1 fully saturated rings. The summed E-state index contributed by atoms with van der Waals surface area (Å²) in [6.07, 6.45) is 0.554. The molecule has 0 aliphatic carbocycles. The van der Waals surface area contributed by atoms with Crippen molar-refractivity contribution in [2.75, 3.05) is 25.0 Å². The largest absolute Gasteiger partial charge is 0.356 e. The topological polar surface area (TPSA) is 125 Å². The Labute approximate surface area is 171 Å².